The fraction of sp³-hybridized carbons (Fsp3) is 0.500. The second-order valence-corrected chi connectivity index (χ2v) is 11.1. The van der Waals surface area contributed by atoms with E-state index in [0.29, 0.717) is 35.2 Å². The molecule has 3 atom stereocenters. The summed E-state index contributed by atoms with van der Waals surface area (Å²) in [5, 5.41) is 23.6. The fourth-order valence-corrected chi connectivity index (χ4v) is 5.70. The van der Waals surface area contributed by atoms with Crippen LogP contribution >= 0.6 is 0 Å². The normalized spacial score (nSPS) is 22.6. The molecule has 0 aromatic heterocycles. The Morgan fingerprint density at radius 1 is 1.26 bits per heavy atom. The zero-order valence-electron chi connectivity index (χ0n) is 23.0. The number of amides is 1. The van der Waals surface area contributed by atoms with Crippen LogP contribution in [0, 0.1) is 5.41 Å². The number of piperidine rings is 1. The number of nitrogens with zero attached hydrogens (tertiary/aromatic N) is 1. The van der Waals surface area contributed by atoms with Crippen molar-refractivity contribution in [3.05, 3.63) is 53.6 Å². The van der Waals surface area contributed by atoms with Gasteiger partial charge in [-0.3, -0.25) is 15.0 Å². The van der Waals surface area contributed by atoms with Gasteiger partial charge >= 0.3 is 5.97 Å². The maximum absolute atomic E-state index is 13.8. The van der Waals surface area contributed by atoms with Crippen molar-refractivity contribution in [2.45, 2.75) is 82.9 Å². The highest BCUT2D eigenvalue weighted by molar-refractivity contribution is 6.01. The largest absolute Gasteiger partial charge is 0.481 e. The summed E-state index contributed by atoms with van der Waals surface area (Å²) in [6.07, 6.45) is 6.92. The number of benzene rings is 2. The number of nitrogen functional groups attached to an aromatic ring is 1. The molecule has 0 radical (unpaired) electrons. The lowest BCUT2D eigenvalue weighted by atomic mass is 9.84. The number of carbonyl (C=O) groups excluding carboxylic acids is 1. The van der Waals surface area contributed by atoms with E-state index in [2.05, 4.69) is 24.5 Å². The summed E-state index contributed by atoms with van der Waals surface area (Å²) in [5.74, 6) is -0.516. The van der Waals surface area contributed by atoms with Crippen LogP contribution in [0.3, 0.4) is 0 Å². The molecule has 0 bridgehead atoms. The molecule has 2 aromatic rings. The first-order valence-electron chi connectivity index (χ1n) is 13.9. The Morgan fingerprint density at radius 2 is 2.08 bits per heavy atom. The van der Waals surface area contributed by atoms with E-state index in [1.54, 1.807) is 23.1 Å². The van der Waals surface area contributed by atoms with E-state index in [-0.39, 0.29) is 30.2 Å². The van der Waals surface area contributed by atoms with Gasteiger partial charge in [0.25, 0.3) is 5.91 Å². The van der Waals surface area contributed by atoms with Gasteiger partial charge in [-0.25, -0.2) is 0 Å². The zero-order valence-corrected chi connectivity index (χ0v) is 23.0. The zero-order chi connectivity index (χ0) is 28.0. The fourth-order valence-electron chi connectivity index (χ4n) is 5.70. The number of hydrogen-bond donors (Lipinski definition) is 5. The van der Waals surface area contributed by atoms with Gasteiger partial charge in [-0.1, -0.05) is 37.5 Å². The number of carboxylic acid groups (broad SMARTS) is 1. The van der Waals surface area contributed by atoms with Crippen molar-refractivity contribution >= 4 is 29.1 Å². The first kappa shape index (κ1) is 28.4. The third kappa shape index (κ3) is 7.29. The van der Waals surface area contributed by atoms with Crippen LogP contribution in [0.5, 0.6) is 5.75 Å². The summed E-state index contributed by atoms with van der Waals surface area (Å²) >= 11 is 0. The van der Waals surface area contributed by atoms with Crippen molar-refractivity contribution in [2.24, 2.45) is 5.73 Å². The molecule has 9 nitrogen and oxygen atoms in total. The molecule has 0 spiro atoms. The monoisotopic (exact) mass is 535 g/mol. The summed E-state index contributed by atoms with van der Waals surface area (Å²) in [6, 6.07) is 13.1. The number of aliphatic carboxylic acids is 1. The van der Waals surface area contributed by atoms with E-state index < -0.39 is 12.1 Å². The number of nitrogens with one attached hydrogen (secondary N) is 3. The average Bonchev–Trinajstić information content (AvgIpc) is 2.89. The molecular formula is C30H41N5O4. The van der Waals surface area contributed by atoms with Crippen LogP contribution in [-0.2, 0) is 9.59 Å². The summed E-state index contributed by atoms with van der Waals surface area (Å²) < 4.78 is 6.19. The standard InChI is InChI=1S/C30H41N5O4/c1-20-8-7-15-30(2,34-20)14-4-3-5-17-35-24-19-23(33-16-13-26(36)37)11-12-25(24)39-27(29(35)38)21-9-6-10-22(18-21)28(31)32/h6,9-12,18-20,27,33-34H,3-5,7-8,13-17H2,1-2H3,(H3,31,32)(H,36,37)/t20-,27?,30+/m0/s1. The molecule has 0 aliphatic carbocycles. The van der Waals surface area contributed by atoms with Gasteiger partial charge in [0.1, 0.15) is 11.6 Å². The maximum atomic E-state index is 13.8. The number of carboxylic acids is 1. The molecule has 4 rings (SSSR count). The molecule has 2 aromatic carbocycles. The van der Waals surface area contributed by atoms with Gasteiger partial charge in [0.05, 0.1) is 12.1 Å². The Labute approximate surface area is 230 Å². The molecule has 2 heterocycles. The summed E-state index contributed by atoms with van der Waals surface area (Å²) in [7, 11) is 0. The molecule has 6 N–H and O–H groups in total. The molecule has 1 unspecified atom stereocenters. The summed E-state index contributed by atoms with van der Waals surface area (Å²) in [6.45, 7) is 5.42. The number of hydrogen-bond acceptors (Lipinski definition) is 6. The minimum atomic E-state index is -0.872. The van der Waals surface area contributed by atoms with Crippen LogP contribution in [0.2, 0.25) is 0 Å². The molecular weight excluding hydrogens is 494 g/mol. The Kier molecular flexibility index (Phi) is 9.12. The summed E-state index contributed by atoms with van der Waals surface area (Å²) in [4.78, 5) is 26.5. The Morgan fingerprint density at radius 3 is 2.82 bits per heavy atom. The van der Waals surface area contributed by atoms with Gasteiger partial charge in [-0.15, -0.1) is 0 Å². The first-order valence-corrected chi connectivity index (χ1v) is 13.9. The number of ether oxygens (including phenoxy) is 1. The van der Waals surface area contributed by atoms with E-state index in [1.165, 1.54) is 19.3 Å². The molecule has 1 fully saturated rings. The van der Waals surface area contributed by atoms with Crippen LogP contribution in [0.4, 0.5) is 11.4 Å². The lowest BCUT2D eigenvalue weighted by molar-refractivity contribution is -0.136. The van der Waals surface area contributed by atoms with Crippen molar-refractivity contribution in [1.29, 1.82) is 5.41 Å². The van der Waals surface area contributed by atoms with Gasteiger partial charge < -0.3 is 31.1 Å². The molecule has 0 saturated carbocycles. The van der Waals surface area contributed by atoms with Gasteiger partial charge in [0.15, 0.2) is 0 Å². The number of carbonyl (C=O) groups is 2. The van der Waals surface area contributed by atoms with Crippen LogP contribution in [-0.4, -0.2) is 47.5 Å². The predicted octanol–water partition coefficient (Wildman–Crippen LogP) is 4.81. The van der Waals surface area contributed by atoms with Gasteiger partial charge in [0.2, 0.25) is 6.10 Å². The Balaban J connectivity index is 1.49. The lowest BCUT2D eigenvalue weighted by Crippen LogP contribution is -2.50. The third-order valence-electron chi connectivity index (χ3n) is 7.72. The molecule has 1 saturated heterocycles. The van der Waals surface area contributed by atoms with Crippen molar-refractivity contribution in [1.82, 2.24) is 5.32 Å². The lowest BCUT2D eigenvalue weighted by Gasteiger charge is -2.39. The van der Waals surface area contributed by atoms with Gasteiger partial charge in [0, 0.05) is 41.5 Å². The third-order valence-corrected chi connectivity index (χ3v) is 7.72. The second-order valence-electron chi connectivity index (χ2n) is 11.1. The smallest absolute Gasteiger partial charge is 0.305 e. The van der Waals surface area contributed by atoms with Crippen LogP contribution < -0.4 is 26.0 Å². The highest BCUT2D eigenvalue weighted by atomic mass is 16.5. The highest BCUT2D eigenvalue weighted by Crippen LogP contribution is 2.41. The van der Waals surface area contributed by atoms with Crippen molar-refractivity contribution < 1.29 is 19.4 Å². The molecule has 2 aliphatic rings. The topological polar surface area (TPSA) is 141 Å². The molecule has 210 valence electrons. The van der Waals surface area contributed by atoms with E-state index in [1.807, 2.05) is 24.3 Å². The maximum Gasteiger partial charge on any atom is 0.305 e. The van der Waals surface area contributed by atoms with Crippen molar-refractivity contribution in [3.8, 4) is 5.75 Å². The predicted molar refractivity (Wildman–Crippen MR) is 154 cm³/mol. The minimum Gasteiger partial charge on any atom is -0.481 e. The molecule has 39 heavy (non-hydrogen) atoms. The summed E-state index contributed by atoms with van der Waals surface area (Å²) in [5.41, 5.74) is 8.47. The SMILES string of the molecule is C[C@H]1CCC[C@@](C)(CCCCCN2C(=O)C(c3cccc(C(=N)N)c3)Oc3ccc(NCCC(=O)O)cc32)N1. The number of amidine groups is 1. The molecule has 1 amide bonds. The molecule has 2 aliphatic heterocycles. The molecule has 9 heteroatoms. The number of unbranched alkanes of at least 4 members (excludes halogenated alkanes) is 2. The quantitative estimate of drug-likeness (QED) is 0.149. The average molecular weight is 536 g/mol. The number of fused-ring (bicyclic) bond motifs is 1. The van der Waals surface area contributed by atoms with E-state index >= 15 is 0 Å². The Bertz CT molecular complexity index is 1200. The highest BCUT2D eigenvalue weighted by Gasteiger charge is 2.36. The number of nitrogens with two attached hydrogens (primary N) is 1. The van der Waals surface area contributed by atoms with E-state index in [4.69, 9.17) is 21.0 Å². The van der Waals surface area contributed by atoms with Crippen LogP contribution in [0.25, 0.3) is 0 Å². The second kappa shape index (κ2) is 12.5. The first-order chi connectivity index (χ1) is 18.6. The number of anilines is 2. The van der Waals surface area contributed by atoms with Gasteiger partial charge in [-0.05, 0) is 63.8 Å². The van der Waals surface area contributed by atoms with Gasteiger partial charge in [-0.2, -0.15) is 0 Å². The number of rotatable bonds is 12. The Hall–Kier alpha value is -3.59. The minimum absolute atomic E-state index is 0.00263. The van der Waals surface area contributed by atoms with Crippen LogP contribution in [0.15, 0.2) is 42.5 Å². The van der Waals surface area contributed by atoms with E-state index in [0.717, 1.165) is 31.4 Å². The van der Waals surface area contributed by atoms with Crippen molar-refractivity contribution in [3.63, 3.8) is 0 Å². The van der Waals surface area contributed by atoms with E-state index in [9.17, 15) is 9.59 Å². The van der Waals surface area contributed by atoms with Crippen LogP contribution in [0.1, 0.15) is 82.4 Å². The van der Waals surface area contributed by atoms with Crippen molar-refractivity contribution in [2.75, 3.05) is 23.3 Å².